The molecule has 0 amide bonds. The molecule has 0 bridgehead atoms. The summed E-state index contributed by atoms with van der Waals surface area (Å²) in [5, 5.41) is 0. The van der Waals surface area contributed by atoms with Crippen LogP contribution in [0.15, 0.2) is 18.2 Å². The van der Waals surface area contributed by atoms with E-state index in [1.165, 1.54) is 36.0 Å². The molecule has 1 aromatic carbocycles. The monoisotopic (exact) mass is 202 g/mol. The minimum Gasteiger partial charge on any atom is -0.303 e. The number of benzene rings is 1. The van der Waals surface area contributed by atoms with Crippen LogP contribution in [-0.4, -0.2) is 6.29 Å². The summed E-state index contributed by atoms with van der Waals surface area (Å²) in [6.45, 7) is 4.27. The van der Waals surface area contributed by atoms with E-state index in [0.717, 1.165) is 6.29 Å². The number of carbonyl (C=O) groups is 1. The van der Waals surface area contributed by atoms with E-state index < -0.39 is 0 Å². The predicted octanol–water partition coefficient (Wildman–Crippen LogP) is 3.04. The maximum Gasteiger partial charge on any atom is 0.120 e. The normalized spacial score (nSPS) is 15.1. The molecule has 1 aromatic rings. The van der Waals surface area contributed by atoms with Gasteiger partial charge in [-0.1, -0.05) is 32.0 Å². The minimum absolute atomic E-state index is 0.0145. The molecule has 0 radical (unpaired) electrons. The van der Waals surface area contributed by atoms with Crippen LogP contribution in [0, 0.1) is 0 Å². The van der Waals surface area contributed by atoms with Crippen molar-refractivity contribution in [3.8, 4) is 0 Å². The third-order valence-electron chi connectivity index (χ3n) is 3.47. The van der Waals surface area contributed by atoms with E-state index in [4.69, 9.17) is 0 Å². The number of rotatable bonds is 3. The lowest BCUT2D eigenvalue weighted by atomic mass is 9.81. The standard InChI is InChI=1S/C14H18O/c1-14(2,8-9-15)13-7-6-11-4-3-5-12(11)10-13/h6-7,9-10H,3-5,8H2,1-2H3. The maximum absolute atomic E-state index is 10.6. The Balaban J connectivity index is 2.33. The van der Waals surface area contributed by atoms with Gasteiger partial charge in [0.2, 0.25) is 0 Å². The second-order valence-corrected chi connectivity index (χ2v) is 5.09. The van der Waals surface area contributed by atoms with Gasteiger partial charge >= 0.3 is 0 Å². The Kier molecular flexibility index (Phi) is 2.64. The van der Waals surface area contributed by atoms with Gasteiger partial charge in [-0.05, 0) is 41.4 Å². The molecule has 2 rings (SSSR count). The zero-order valence-corrected chi connectivity index (χ0v) is 9.55. The van der Waals surface area contributed by atoms with Gasteiger partial charge in [-0.25, -0.2) is 0 Å². The van der Waals surface area contributed by atoms with Crippen molar-refractivity contribution in [3.05, 3.63) is 34.9 Å². The Morgan fingerprint density at radius 1 is 1.27 bits per heavy atom. The van der Waals surface area contributed by atoms with Crippen LogP contribution in [0.1, 0.15) is 43.4 Å². The van der Waals surface area contributed by atoms with Crippen molar-refractivity contribution in [2.24, 2.45) is 0 Å². The Morgan fingerprint density at radius 2 is 2.00 bits per heavy atom. The number of hydrogen-bond acceptors (Lipinski definition) is 1. The lowest BCUT2D eigenvalue weighted by Gasteiger charge is -2.23. The van der Waals surface area contributed by atoms with Crippen LogP contribution in [-0.2, 0) is 23.1 Å². The Morgan fingerprint density at radius 3 is 2.73 bits per heavy atom. The van der Waals surface area contributed by atoms with Crippen LogP contribution in [0.3, 0.4) is 0 Å². The lowest BCUT2D eigenvalue weighted by Crippen LogP contribution is -2.17. The van der Waals surface area contributed by atoms with Gasteiger partial charge in [0.15, 0.2) is 0 Å². The molecule has 0 atom stereocenters. The molecule has 80 valence electrons. The molecule has 0 aromatic heterocycles. The van der Waals surface area contributed by atoms with Gasteiger partial charge in [-0.2, -0.15) is 0 Å². The van der Waals surface area contributed by atoms with E-state index in [1.807, 2.05) is 0 Å². The fourth-order valence-corrected chi connectivity index (χ4v) is 2.32. The first kappa shape index (κ1) is 10.4. The van der Waals surface area contributed by atoms with E-state index in [1.54, 1.807) is 0 Å². The Hall–Kier alpha value is -1.11. The zero-order chi connectivity index (χ0) is 10.9. The van der Waals surface area contributed by atoms with Gasteiger partial charge in [-0.3, -0.25) is 0 Å². The van der Waals surface area contributed by atoms with E-state index >= 15 is 0 Å². The van der Waals surface area contributed by atoms with Crippen molar-refractivity contribution >= 4 is 6.29 Å². The second-order valence-electron chi connectivity index (χ2n) is 5.09. The van der Waals surface area contributed by atoms with Crippen molar-refractivity contribution in [3.63, 3.8) is 0 Å². The number of fused-ring (bicyclic) bond motifs is 1. The molecule has 1 heteroatoms. The van der Waals surface area contributed by atoms with Gasteiger partial charge in [0.25, 0.3) is 0 Å². The lowest BCUT2D eigenvalue weighted by molar-refractivity contribution is -0.108. The average Bonchev–Trinajstić information content (AvgIpc) is 2.63. The van der Waals surface area contributed by atoms with Crippen LogP contribution >= 0.6 is 0 Å². The molecule has 0 spiro atoms. The van der Waals surface area contributed by atoms with Gasteiger partial charge in [0, 0.05) is 6.42 Å². The van der Waals surface area contributed by atoms with E-state index in [0.29, 0.717) is 6.42 Å². The summed E-state index contributed by atoms with van der Waals surface area (Å²) in [5.41, 5.74) is 4.28. The maximum atomic E-state index is 10.6. The molecule has 1 aliphatic rings. The van der Waals surface area contributed by atoms with Crippen molar-refractivity contribution in [2.45, 2.75) is 44.9 Å². The molecule has 1 aliphatic carbocycles. The van der Waals surface area contributed by atoms with Crippen LogP contribution < -0.4 is 0 Å². The van der Waals surface area contributed by atoms with Crippen LogP contribution in [0.2, 0.25) is 0 Å². The molecule has 0 heterocycles. The number of aldehydes is 1. The third-order valence-corrected chi connectivity index (χ3v) is 3.47. The highest BCUT2D eigenvalue weighted by Gasteiger charge is 2.22. The van der Waals surface area contributed by atoms with Crippen molar-refractivity contribution in [1.29, 1.82) is 0 Å². The van der Waals surface area contributed by atoms with E-state index in [2.05, 4.69) is 32.0 Å². The summed E-state index contributed by atoms with van der Waals surface area (Å²) in [6.07, 6.45) is 5.34. The molecule has 1 nitrogen and oxygen atoms in total. The van der Waals surface area contributed by atoms with Gasteiger partial charge in [-0.15, -0.1) is 0 Å². The molecule has 0 saturated heterocycles. The molecule has 0 aliphatic heterocycles. The Bertz CT molecular complexity index is 377. The fourth-order valence-electron chi connectivity index (χ4n) is 2.32. The predicted molar refractivity (Wildman–Crippen MR) is 62.2 cm³/mol. The first-order valence-electron chi connectivity index (χ1n) is 5.69. The number of carbonyl (C=O) groups excluding carboxylic acids is 1. The fraction of sp³-hybridized carbons (Fsp3) is 0.500. The van der Waals surface area contributed by atoms with Crippen molar-refractivity contribution in [1.82, 2.24) is 0 Å². The summed E-state index contributed by atoms with van der Waals surface area (Å²) in [5.74, 6) is 0. The van der Waals surface area contributed by atoms with Gasteiger partial charge < -0.3 is 4.79 Å². The van der Waals surface area contributed by atoms with E-state index in [9.17, 15) is 4.79 Å². The highest BCUT2D eigenvalue weighted by atomic mass is 16.1. The molecule has 15 heavy (non-hydrogen) atoms. The first-order valence-corrected chi connectivity index (χ1v) is 5.69. The van der Waals surface area contributed by atoms with Gasteiger partial charge in [0.05, 0.1) is 0 Å². The molecule has 0 fully saturated rings. The Labute approximate surface area is 91.5 Å². The number of hydrogen-bond donors (Lipinski definition) is 0. The van der Waals surface area contributed by atoms with Gasteiger partial charge in [0.1, 0.15) is 6.29 Å². The van der Waals surface area contributed by atoms with Crippen molar-refractivity contribution < 1.29 is 4.79 Å². The summed E-state index contributed by atoms with van der Waals surface area (Å²) >= 11 is 0. The molecule has 0 unspecified atom stereocenters. The molecular weight excluding hydrogens is 184 g/mol. The second kappa shape index (κ2) is 3.80. The third kappa shape index (κ3) is 1.97. The SMILES string of the molecule is CC(C)(CC=O)c1ccc2c(c1)CCC2. The summed E-state index contributed by atoms with van der Waals surface area (Å²) in [7, 11) is 0. The van der Waals surface area contributed by atoms with Crippen LogP contribution in [0.25, 0.3) is 0 Å². The molecule has 0 N–H and O–H groups in total. The number of aryl methyl sites for hydroxylation is 2. The summed E-state index contributed by atoms with van der Waals surface area (Å²) in [4.78, 5) is 10.6. The van der Waals surface area contributed by atoms with E-state index in [-0.39, 0.29) is 5.41 Å². The summed E-state index contributed by atoms with van der Waals surface area (Å²) < 4.78 is 0. The summed E-state index contributed by atoms with van der Waals surface area (Å²) in [6, 6.07) is 6.73. The first-order chi connectivity index (χ1) is 7.13. The zero-order valence-electron chi connectivity index (χ0n) is 9.55. The average molecular weight is 202 g/mol. The smallest absolute Gasteiger partial charge is 0.120 e. The topological polar surface area (TPSA) is 17.1 Å². The highest BCUT2D eigenvalue weighted by molar-refractivity contribution is 5.53. The highest BCUT2D eigenvalue weighted by Crippen LogP contribution is 2.30. The van der Waals surface area contributed by atoms with Crippen LogP contribution in [0.4, 0.5) is 0 Å². The van der Waals surface area contributed by atoms with Crippen molar-refractivity contribution in [2.75, 3.05) is 0 Å². The molecular formula is C14H18O. The quantitative estimate of drug-likeness (QED) is 0.688. The van der Waals surface area contributed by atoms with Crippen LogP contribution in [0.5, 0.6) is 0 Å². The largest absolute Gasteiger partial charge is 0.303 e. The molecule has 0 saturated carbocycles. The minimum atomic E-state index is -0.0145.